The summed E-state index contributed by atoms with van der Waals surface area (Å²) in [5.41, 5.74) is 2.07. The van der Waals surface area contributed by atoms with E-state index in [1.165, 1.54) is 11.3 Å². The van der Waals surface area contributed by atoms with Crippen LogP contribution in [-0.4, -0.2) is 22.9 Å². The molecule has 0 spiro atoms. The van der Waals surface area contributed by atoms with Crippen molar-refractivity contribution in [2.75, 3.05) is 10.6 Å². The van der Waals surface area contributed by atoms with Gasteiger partial charge in [0.25, 0.3) is 5.91 Å². The molecule has 6 nitrogen and oxygen atoms in total. The summed E-state index contributed by atoms with van der Waals surface area (Å²) in [5, 5.41) is 16.3. The van der Waals surface area contributed by atoms with Crippen LogP contribution in [0.15, 0.2) is 36.4 Å². The Morgan fingerprint density at radius 1 is 1.00 bits per heavy atom. The molecule has 0 fully saturated rings. The number of carboxylic acids is 1. The number of carbonyl (C=O) groups excluding carboxylic acids is 2. The van der Waals surface area contributed by atoms with Gasteiger partial charge in [-0.2, -0.15) is 0 Å². The molecule has 156 valence electrons. The highest BCUT2D eigenvalue weighted by molar-refractivity contribution is 7.17. The third-order valence-electron chi connectivity index (χ3n) is 5.57. The number of carboxylic acid groups (broad SMARTS) is 1. The van der Waals surface area contributed by atoms with Gasteiger partial charge in [0.1, 0.15) is 5.00 Å². The Balaban J connectivity index is 1.59. The second-order valence-corrected chi connectivity index (χ2v) is 9.05. The smallest absolute Gasteiger partial charge is 0.307 e. The van der Waals surface area contributed by atoms with Gasteiger partial charge in [0, 0.05) is 15.6 Å². The van der Waals surface area contributed by atoms with Crippen molar-refractivity contribution in [2.45, 2.75) is 32.1 Å². The number of anilines is 2. The van der Waals surface area contributed by atoms with Gasteiger partial charge in [-0.3, -0.25) is 14.4 Å². The first kappa shape index (κ1) is 20.6. The number of hydrogen-bond donors (Lipinski definition) is 3. The number of benzene rings is 1. The van der Waals surface area contributed by atoms with Crippen LogP contribution in [0.3, 0.4) is 0 Å². The van der Waals surface area contributed by atoms with E-state index in [-0.39, 0.29) is 11.8 Å². The van der Waals surface area contributed by atoms with Crippen LogP contribution in [0.5, 0.6) is 0 Å². The Kier molecular flexibility index (Phi) is 5.92. The van der Waals surface area contributed by atoms with E-state index in [0.717, 1.165) is 29.7 Å². The molecule has 1 aromatic heterocycles. The zero-order valence-electron chi connectivity index (χ0n) is 16.1. The minimum atomic E-state index is -0.978. The quantitative estimate of drug-likeness (QED) is 0.580. The van der Waals surface area contributed by atoms with E-state index in [2.05, 4.69) is 10.6 Å². The average Bonchev–Trinajstić information content (AvgIpc) is 3.30. The van der Waals surface area contributed by atoms with Gasteiger partial charge in [0.05, 0.1) is 17.4 Å². The van der Waals surface area contributed by atoms with E-state index in [4.69, 9.17) is 11.6 Å². The maximum absolute atomic E-state index is 13.1. The summed E-state index contributed by atoms with van der Waals surface area (Å²) < 4.78 is 0. The van der Waals surface area contributed by atoms with Crippen molar-refractivity contribution < 1.29 is 19.5 Å². The van der Waals surface area contributed by atoms with Gasteiger partial charge in [0.2, 0.25) is 5.91 Å². The SMILES string of the molecule is O=C(Nc1ccc(Cl)cc1)c1c(NC(=O)[C@H]2CC=CC[C@H]2C(=O)O)sc2c1CCC2. The summed E-state index contributed by atoms with van der Waals surface area (Å²) in [7, 11) is 0. The van der Waals surface area contributed by atoms with Crippen molar-refractivity contribution in [1.29, 1.82) is 0 Å². The van der Waals surface area contributed by atoms with Gasteiger partial charge in [0.15, 0.2) is 0 Å². The third-order valence-corrected chi connectivity index (χ3v) is 7.03. The molecule has 1 aromatic carbocycles. The summed E-state index contributed by atoms with van der Waals surface area (Å²) in [4.78, 5) is 38.7. The molecular weight excluding hydrogens is 424 g/mol. The Labute approximate surface area is 182 Å². The molecular formula is C22H21ClN2O4S. The van der Waals surface area contributed by atoms with E-state index in [9.17, 15) is 19.5 Å². The van der Waals surface area contributed by atoms with Crippen LogP contribution in [-0.2, 0) is 22.4 Å². The molecule has 4 rings (SSSR count). The Bertz CT molecular complexity index is 1030. The number of nitrogens with one attached hydrogen (secondary N) is 2. The molecule has 1 heterocycles. The highest BCUT2D eigenvalue weighted by Crippen LogP contribution is 2.40. The minimum Gasteiger partial charge on any atom is -0.481 e. The first-order valence-electron chi connectivity index (χ1n) is 9.84. The maximum Gasteiger partial charge on any atom is 0.307 e. The number of rotatable bonds is 5. The fraction of sp³-hybridized carbons (Fsp3) is 0.318. The monoisotopic (exact) mass is 444 g/mol. The molecule has 0 unspecified atom stereocenters. The molecule has 2 atom stereocenters. The van der Waals surface area contributed by atoms with E-state index in [1.54, 1.807) is 30.3 Å². The molecule has 2 aliphatic rings. The zero-order valence-corrected chi connectivity index (χ0v) is 17.7. The van der Waals surface area contributed by atoms with Gasteiger partial charge in [-0.1, -0.05) is 23.8 Å². The predicted octanol–water partition coefficient (Wildman–Crippen LogP) is 4.75. The van der Waals surface area contributed by atoms with E-state index in [0.29, 0.717) is 34.1 Å². The molecule has 2 amide bonds. The fourth-order valence-electron chi connectivity index (χ4n) is 4.04. The Hall–Kier alpha value is -2.64. The lowest BCUT2D eigenvalue weighted by molar-refractivity contribution is -0.146. The molecule has 2 aromatic rings. The summed E-state index contributed by atoms with van der Waals surface area (Å²) in [6, 6.07) is 6.83. The van der Waals surface area contributed by atoms with E-state index >= 15 is 0 Å². The maximum atomic E-state index is 13.1. The average molecular weight is 445 g/mol. The van der Waals surface area contributed by atoms with Crippen molar-refractivity contribution in [3.05, 3.63) is 57.4 Å². The summed E-state index contributed by atoms with van der Waals surface area (Å²) in [6.45, 7) is 0. The number of aryl methyl sites for hydroxylation is 1. The number of aliphatic carboxylic acids is 1. The van der Waals surface area contributed by atoms with Crippen LogP contribution in [0.4, 0.5) is 10.7 Å². The second-order valence-electron chi connectivity index (χ2n) is 7.51. The van der Waals surface area contributed by atoms with Crippen molar-refractivity contribution in [1.82, 2.24) is 0 Å². The molecule has 0 radical (unpaired) electrons. The zero-order chi connectivity index (χ0) is 21.3. The van der Waals surface area contributed by atoms with Crippen molar-refractivity contribution in [3.8, 4) is 0 Å². The normalized spacial score (nSPS) is 19.9. The second kappa shape index (κ2) is 8.62. The number of halogens is 1. The van der Waals surface area contributed by atoms with Gasteiger partial charge < -0.3 is 15.7 Å². The minimum absolute atomic E-state index is 0.287. The molecule has 30 heavy (non-hydrogen) atoms. The van der Waals surface area contributed by atoms with Gasteiger partial charge in [-0.05, 0) is 61.9 Å². The molecule has 0 aliphatic heterocycles. The highest BCUT2D eigenvalue weighted by Gasteiger charge is 2.35. The Morgan fingerprint density at radius 2 is 1.70 bits per heavy atom. The number of hydrogen-bond acceptors (Lipinski definition) is 4. The van der Waals surface area contributed by atoms with Crippen LogP contribution in [0.25, 0.3) is 0 Å². The predicted molar refractivity (Wildman–Crippen MR) is 117 cm³/mol. The van der Waals surface area contributed by atoms with E-state index in [1.807, 2.05) is 6.08 Å². The lowest BCUT2D eigenvalue weighted by Crippen LogP contribution is -2.35. The van der Waals surface area contributed by atoms with Crippen molar-refractivity contribution >= 4 is 51.4 Å². The number of thiophene rings is 1. The molecule has 2 aliphatic carbocycles. The van der Waals surface area contributed by atoms with Crippen molar-refractivity contribution in [3.63, 3.8) is 0 Å². The molecule has 0 bridgehead atoms. The third kappa shape index (κ3) is 4.13. The van der Waals surface area contributed by atoms with Gasteiger partial charge in [-0.15, -0.1) is 11.3 Å². The summed E-state index contributed by atoms with van der Waals surface area (Å²) >= 11 is 7.32. The molecule has 0 saturated carbocycles. The standard InChI is InChI=1S/C22H21ClN2O4S/c23-12-8-10-13(11-9-12)24-20(27)18-16-6-3-7-17(16)30-21(18)25-19(26)14-4-1-2-5-15(14)22(28)29/h1-2,8-11,14-15H,3-7H2,(H,24,27)(H,25,26)(H,28,29)/t14-,15+/m0/s1. The summed E-state index contributed by atoms with van der Waals surface area (Å²) in [6.07, 6.45) is 6.99. The molecule has 3 N–H and O–H groups in total. The highest BCUT2D eigenvalue weighted by atomic mass is 35.5. The lowest BCUT2D eigenvalue weighted by Gasteiger charge is -2.24. The number of allylic oxidation sites excluding steroid dienone is 2. The van der Waals surface area contributed by atoms with Crippen LogP contribution in [0.2, 0.25) is 5.02 Å². The topological polar surface area (TPSA) is 95.5 Å². The lowest BCUT2D eigenvalue weighted by atomic mass is 9.82. The van der Waals surface area contributed by atoms with Gasteiger partial charge in [-0.25, -0.2) is 0 Å². The fourth-order valence-corrected chi connectivity index (χ4v) is 5.46. The molecule has 8 heteroatoms. The Morgan fingerprint density at radius 3 is 2.40 bits per heavy atom. The summed E-state index contributed by atoms with van der Waals surface area (Å²) in [5.74, 6) is -3.03. The molecule has 0 saturated heterocycles. The number of amides is 2. The number of carbonyl (C=O) groups is 3. The first-order valence-corrected chi connectivity index (χ1v) is 11.0. The van der Waals surface area contributed by atoms with Crippen LogP contribution >= 0.6 is 22.9 Å². The van der Waals surface area contributed by atoms with Crippen molar-refractivity contribution in [2.24, 2.45) is 11.8 Å². The van der Waals surface area contributed by atoms with Crippen LogP contribution in [0.1, 0.15) is 40.1 Å². The van der Waals surface area contributed by atoms with Crippen LogP contribution < -0.4 is 10.6 Å². The number of fused-ring (bicyclic) bond motifs is 1. The van der Waals surface area contributed by atoms with E-state index < -0.39 is 17.8 Å². The van der Waals surface area contributed by atoms with Crippen LogP contribution in [0, 0.1) is 11.8 Å². The largest absolute Gasteiger partial charge is 0.481 e. The van der Waals surface area contributed by atoms with Gasteiger partial charge >= 0.3 is 5.97 Å². The first-order chi connectivity index (χ1) is 14.4.